The second kappa shape index (κ2) is 11.8. The number of unbranched alkanes of at least 4 members (excludes halogenated alkanes) is 4. The van der Waals surface area contributed by atoms with E-state index in [1.54, 1.807) is 36.4 Å². The van der Waals surface area contributed by atoms with E-state index in [1.165, 1.54) is 32.6 Å². The van der Waals surface area contributed by atoms with Gasteiger partial charge >= 0.3 is 0 Å². The van der Waals surface area contributed by atoms with Gasteiger partial charge in [-0.1, -0.05) is 38.7 Å². The Morgan fingerprint density at radius 1 is 0.893 bits per heavy atom. The van der Waals surface area contributed by atoms with E-state index in [2.05, 4.69) is 12.2 Å². The van der Waals surface area contributed by atoms with E-state index in [-0.39, 0.29) is 18.3 Å². The van der Waals surface area contributed by atoms with Crippen molar-refractivity contribution in [2.45, 2.75) is 46.0 Å². The van der Waals surface area contributed by atoms with Crippen LogP contribution in [-0.4, -0.2) is 24.9 Å². The number of nitrogens with one attached hydrogen (secondary N) is 1. The molecule has 1 N–H and O–H groups in total. The van der Waals surface area contributed by atoms with E-state index >= 15 is 0 Å². The number of Topliss-reactive ketones (excluding diaryl/α,β-unsaturated/α-hetero) is 1. The summed E-state index contributed by atoms with van der Waals surface area (Å²) in [6, 6.07) is 14.1. The molecule has 0 spiro atoms. The van der Waals surface area contributed by atoms with Gasteiger partial charge in [-0.05, 0) is 49.7 Å². The molecule has 0 aliphatic carbocycles. The summed E-state index contributed by atoms with van der Waals surface area (Å²) in [5, 5.41) is 2.75. The highest BCUT2D eigenvalue weighted by Crippen LogP contribution is 2.20. The monoisotopic (exact) mass is 383 g/mol. The van der Waals surface area contributed by atoms with E-state index in [4.69, 9.17) is 9.47 Å². The van der Waals surface area contributed by atoms with Crippen LogP contribution >= 0.6 is 0 Å². The molecule has 5 nitrogen and oxygen atoms in total. The summed E-state index contributed by atoms with van der Waals surface area (Å²) in [6.07, 6.45) is 5.97. The maximum atomic E-state index is 12.1. The Bertz CT molecular complexity index is 755. The van der Waals surface area contributed by atoms with E-state index < -0.39 is 0 Å². The number of carbonyl (C=O) groups is 2. The van der Waals surface area contributed by atoms with Crippen LogP contribution < -0.4 is 14.8 Å². The summed E-state index contributed by atoms with van der Waals surface area (Å²) < 4.78 is 11.3. The topological polar surface area (TPSA) is 64.6 Å². The lowest BCUT2D eigenvalue weighted by Gasteiger charge is -2.10. The Kier molecular flexibility index (Phi) is 9.05. The zero-order valence-corrected chi connectivity index (χ0v) is 16.7. The Balaban J connectivity index is 1.74. The van der Waals surface area contributed by atoms with Crippen LogP contribution in [0, 0.1) is 0 Å². The molecule has 0 aliphatic heterocycles. The number of hydrogen-bond donors (Lipinski definition) is 1. The van der Waals surface area contributed by atoms with Crippen LogP contribution in [0.2, 0.25) is 0 Å². The molecule has 2 aromatic rings. The predicted molar refractivity (Wildman–Crippen MR) is 111 cm³/mol. The van der Waals surface area contributed by atoms with Gasteiger partial charge < -0.3 is 14.8 Å². The number of ether oxygens (including phenoxy) is 2. The van der Waals surface area contributed by atoms with Crippen LogP contribution in [0.5, 0.6) is 11.5 Å². The van der Waals surface area contributed by atoms with Crippen LogP contribution in [0.15, 0.2) is 48.5 Å². The molecular formula is C23H29NO4. The van der Waals surface area contributed by atoms with Gasteiger partial charge in [-0.2, -0.15) is 0 Å². The normalized spacial score (nSPS) is 10.4. The average Bonchev–Trinajstić information content (AvgIpc) is 2.70. The minimum Gasteiger partial charge on any atom is -0.493 e. The molecule has 0 radical (unpaired) electrons. The van der Waals surface area contributed by atoms with Gasteiger partial charge in [0, 0.05) is 17.3 Å². The molecule has 0 unspecified atom stereocenters. The maximum Gasteiger partial charge on any atom is 0.262 e. The molecule has 0 saturated heterocycles. The lowest BCUT2D eigenvalue weighted by molar-refractivity contribution is -0.118. The highest BCUT2D eigenvalue weighted by Gasteiger charge is 2.06. The number of anilines is 1. The van der Waals surface area contributed by atoms with Crippen molar-refractivity contribution in [2.75, 3.05) is 18.5 Å². The van der Waals surface area contributed by atoms with Crippen LogP contribution in [-0.2, 0) is 4.79 Å². The standard InChI is InChI=1S/C23H29NO4/c1-3-4-5-6-7-15-27-21-9-8-10-22(16-21)28-17-23(26)24-20-13-11-19(12-14-20)18(2)25/h8-14,16H,3-7,15,17H2,1-2H3,(H,24,26). The molecule has 0 aromatic heterocycles. The first-order valence-corrected chi connectivity index (χ1v) is 9.85. The minimum atomic E-state index is -0.266. The summed E-state index contributed by atoms with van der Waals surface area (Å²) in [7, 11) is 0. The van der Waals surface area contributed by atoms with E-state index in [9.17, 15) is 9.59 Å². The third-order valence-corrected chi connectivity index (χ3v) is 4.27. The van der Waals surface area contributed by atoms with Gasteiger partial charge in [-0.25, -0.2) is 0 Å². The van der Waals surface area contributed by atoms with E-state index in [0.29, 0.717) is 23.6 Å². The SMILES string of the molecule is CCCCCCCOc1cccc(OCC(=O)Nc2ccc(C(C)=O)cc2)c1. The first-order chi connectivity index (χ1) is 13.6. The molecule has 2 rings (SSSR count). The molecule has 5 heteroatoms. The van der Waals surface area contributed by atoms with Crippen molar-refractivity contribution in [3.8, 4) is 11.5 Å². The third kappa shape index (κ3) is 7.82. The smallest absolute Gasteiger partial charge is 0.262 e. The van der Waals surface area contributed by atoms with Crippen molar-refractivity contribution in [3.63, 3.8) is 0 Å². The van der Waals surface area contributed by atoms with Crippen LogP contribution in [0.3, 0.4) is 0 Å². The number of ketones is 1. The summed E-state index contributed by atoms with van der Waals surface area (Å²) in [6.45, 7) is 4.29. The fourth-order valence-corrected chi connectivity index (χ4v) is 2.68. The molecule has 0 heterocycles. The van der Waals surface area contributed by atoms with Gasteiger partial charge in [0.15, 0.2) is 12.4 Å². The fraction of sp³-hybridized carbons (Fsp3) is 0.391. The van der Waals surface area contributed by atoms with Crippen LogP contribution in [0.25, 0.3) is 0 Å². The molecule has 0 fully saturated rings. The molecule has 150 valence electrons. The van der Waals surface area contributed by atoms with Crippen molar-refractivity contribution >= 4 is 17.4 Å². The predicted octanol–water partition coefficient (Wildman–Crippen LogP) is 5.26. The first kappa shape index (κ1) is 21.5. The molecule has 0 saturated carbocycles. The lowest BCUT2D eigenvalue weighted by Crippen LogP contribution is -2.20. The van der Waals surface area contributed by atoms with Gasteiger partial charge in [0.2, 0.25) is 0 Å². The highest BCUT2D eigenvalue weighted by atomic mass is 16.5. The fourth-order valence-electron chi connectivity index (χ4n) is 2.68. The van der Waals surface area contributed by atoms with Gasteiger partial charge in [0.1, 0.15) is 11.5 Å². The Morgan fingerprint density at radius 2 is 1.57 bits per heavy atom. The summed E-state index contributed by atoms with van der Waals surface area (Å²) in [4.78, 5) is 23.3. The van der Waals surface area contributed by atoms with Gasteiger partial charge in [-0.15, -0.1) is 0 Å². The molecule has 0 atom stereocenters. The van der Waals surface area contributed by atoms with Crippen molar-refractivity contribution in [3.05, 3.63) is 54.1 Å². The second-order valence-corrected chi connectivity index (χ2v) is 6.71. The largest absolute Gasteiger partial charge is 0.493 e. The number of hydrogen-bond acceptors (Lipinski definition) is 4. The maximum absolute atomic E-state index is 12.1. The lowest BCUT2D eigenvalue weighted by atomic mass is 10.1. The third-order valence-electron chi connectivity index (χ3n) is 4.27. The number of benzene rings is 2. The quantitative estimate of drug-likeness (QED) is 0.401. The van der Waals surface area contributed by atoms with Crippen molar-refractivity contribution in [2.24, 2.45) is 0 Å². The summed E-state index contributed by atoms with van der Waals surface area (Å²) >= 11 is 0. The summed E-state index contributed by atoms with van der Waals surface area (Å²) in [5.74, 6) is 1.06. The number of amides is 1. The molecule has 0 aliphatic rings. The van der Waals surface area contributed by atoms with Crippen molar-refractivity contribution in [1.29, 1.82) is 0 Å². The van der Waals surface area contributed by atoms with Gasteiger partial charge in [-0.3, -0.25) is 9.59 Å². The number of carbonyl (C=O) groups excluding carboxylic acids is 2. The minimum absolute atomic E-state index is 0.00994. The zero-order chi connectivity index (χ0) is 20.2. The Morgan fingerprint density at radius 3 is 2.25 bits per heavy atom. The highest BCUT2D eigenvalue weighted by molar-refractivity contribution is 5.95. The van der Waals surface area contributed by atoms with Crippen molar-refractivity contribution in [1.82, 2.24) is 0 Å². The average molecular weight is 383 g/mol. The van der Waals surface area contributed by atoms with Gasteiger partial charge in [0.05, 0.1) is 6.61 Å². The Labute approximate surface area is 167 Å². The number of rotatable bonds is 12. The first-order valence-electron chi connectivity index (χ1n) is 9.85. The van der Waals surface area contributed by atoms with Crippen LogP contribution in [0.4, 0.5) is 5.69 Å². The molecule has 28 heavy (non-hydrogen) atoms. The van der Waals surface area contributed by atoms with E-state index in [1.807, 2.05) is 12.1 Å². The zero-order valence-electron chi connectivity index (χ0n) is 16.7. The van der Waals surface area contributed by atoms with E-state index in [0.717, 1.165) is 12.2 Å². The van der Waals surface area contributed by atoms with Crippen LogP contribution in [0.1, 0.15) is 56.3 Å². The molecule has 2 aromatic carbocycles. The second-order valence-electron chi connectivity index (χ2n) is 6.71. The van der Waals surface area contributed by atoms with Gasteiger partial charge in [0.25, 0.3) is 5.91 Å². The Hall–Kier alpha value is -2.82. The molecular weight excluding hydrogens is 354 g/mol. The van der Waals surface area contributed by atoms with Crippen molar-refractivity contribution < 1.29 is 19.1 Å². The molecule has 0 bridgehead atoms. The molecule has 1 amide bonds. The summed E-state index contributed by atoms with van der Waals surface area (Å²) in [5.41, 5.74) is 1.23.